The van der Waals surface area contributed by atoms with Gasteiger partial charge in [-0.15, -0.1) is 0 Å². The average Bonchev–Trinajstić information content (AvgIpc) is 3.52. The lowest BCUT2D eigenvalue weighted by Crippen LogP contribution is -2.48. The van der Waals surface area contributed by atoms with Crippen LogP contribution >= 0.6 is 0 Å². The summed E-state index contributed by atoms with van der Waals surface area (Å²) >= 11 is 0. The van der Waals surface area contributed by atoms with E-state index in [2.05, 4.69) is 29.0 Å². The van der Waals surface area contributed by atoms with Crippen LogP contribution in [0.3, 0.4) is 0 Å². The molecule has 0 unspecified atom stereocenters. The van der Waals surface area contributed by atoms with Crippen molar-refractivity contribution in [3.63, 3.8) is 0 Å². The Morgan fingerprint density at radius 2 is 1.64 bits per heavy atom. The SMILES string of the molecule is CCC(CC)C(=O)N(Cc1ccc(C(=O)NCc2ccc3c(c2)OCO3)cc1)C1CCN(Cc2ccc(OC)c(O)c2)CC1. The highest BCUT2D eigenvalue weighted by Crippen LogP contribution is 2.32. The van der Waals surface area contributed by atoms with Gasteiger partial charge in [0.15, 0.2) is 23.0 Å². The number of piperidine rings is 1. The summed E-state index contributed by atoms with van der Waals surface area (Å²) in [5, 5.41) is 13.1. The molecule has 2 aliphatic heterocycles. The fourth-order valence-electron chi connectivity index (χ4n) is 6.03. The Hall–Kier alpha value is -4.24. The van der Waals surface area contributed by atoms with Gasteiger partial charge in [-0.2, -0.15) is 0 Å². The van der Waals surface area contributed by atoms with Crippen molar-refractivity contribution in [1.82, 2.24) is 15.1 Å². The van der Waals surface area contributed by atoms with E-state index in [4.69, 9.17) is 14.2 Å². The maximum Gasteiger partial charge on any atom is 0.251 e. The van der Waals surface area contributed by atoms with Gasteiger partial charge in [-0.1, -0.05) is 38.1 Å². The maximum atomic E-state index is 13.7. The van der Waals surface area contributed by atoms with E-state index in [9.17, 15) is 14.7 Å². The van der Waals surface area contributed by atoms with Crippen molar-refractivity contribution in [2.75, 3.05) is 27.0 Å². The quantitative estimate of drug-likeness (QED) is 0.283. The number of rotatable bonds is 12. The first-order chi connectivity index (χ1) is 21.4. The van der Waals surface area contributed by atoms with E-state index in [1.54, 1.807) is 19.2 Å². The zero-order valence-electron chi connectivity index (χ0n) is 25.9. The molecule has 1 saturated heterocycles. The molecule has 234 valence electrons. The summed E-state index contributed by atoms with van der Waals surface area (Å²) in [6.45, 7) is 7.75. The summed E-state index contributed by atoms with van der Waals surface area (Å²) in [4.78, 5) is 31.0. The van der Waals surface area contributed by atoms with E-state index in [1.165, 1.54) is 0 Å². The van der Waals surface area contributed by atoms with Gasteiger partial charge in [0, 0.05) is 50.2 Å². The van der Waals surface area contributed by atoms with Crippen molar-refractivity contribution < 1.29 is 28.9 Å². The first-order valence-electron chi connectivity index (χ1n) is 15.5. The van der Waals surface area contributed by atoms with Gasteiger partial charge in [-0.3, -0.25) is 14.5 Å². The largest absolute Gasteiger partial charge is 0.504 e. The van der Waals surface area contributed by atoms with Crippen molar-refractivity contribution in [3.05, 3.63) is 82.9 Å². The maximum absolute atomic E-state index is 13.7. The Morgan fingerprint density at radius 3 is 2.32 bits per heavy atom. The summed E-state index contributed by atoms with van der Waals surface area (Å²) in [6, 6.07) is 18.9. The lowest BCUT2D eigenvalue weighted by Gasteiger charge is -2.40. The topological polar surface area (TPSA) is 101 Å². The molecule has 2 aliphatic rings. The molecule has 2 N–H and O–H groups in total. The average molecular weight is 602 g/mol. The van der Waals surface area contributed by atoms with Crippen LogP contribution in [0.15, 0.2) is 60.7 Å². The van der Waals surface area contributed by atoms with Crippen molar-refractivity contribution in [2.45, 2.75) is 65.2 Å². The zero-order valence-corrected chi connectivity index (χ0v) is 25.9. The Kier molecular flexibility index (Phi) is 10.3. The molecule has 0 atom stereocenters. The van der Waals surface area contributed by atoms with E-state index in [0.29, 0.717) is 35.9 Å². The van der Waals surface area contributed by atoms with Gasteiger partial charge in [0.1, 0.15) is 0 Å². The third-order valence-corrected chi connectivity index (χ3v) is 8.72. The molecule has 5 rings (SSSR count). The number of amides is 2. The van der Waals surface area contributed by atoms with Crippen LogP contribution in [0.4, 0.5) is 0 Å². The van der Waals surface area contributed by atoms with Crippen LogP contribution < -0.4 is 19.5 Å². The number of carbonyl (C=O) groups is 2. The number of benzene rings is 3. The minimum atomic E-state index is -0.156. The molecule has 0 aliphatic carbocycles. The summed E-state index contributed by atoms with van der Waals surface area (Å²) < 4.78 is 16.0. The molecule has 1 fully saturated rings. The van der Waals surface area contributed by atoms with Gasteiger partial charge in [0.25, 0.3) is 5.91 Å². The van der Waals surface area contributed by atoms with Gasteiger partial charge in [0.05, 0.1) is 7.11 Å². The van der Waals surface area contributed by atoms with Gasteiger partial charge in [-0.05, 0) is 78.8 Å². The van der Waals surface area contributed by atoms with Gasteiger partial charge in [0.2, 0.25) is 12.7 Å². The Labute approximate surface area is 259 Å². The molecule has 0 aromatic heterocycles. The molecule has 3 aromatic rings. The molecule has 44 heavy (non-hydrogen) atoms. The number of fused-ring (bicyclic) bond motifs is 1. The molecule has 0 radical (unpaired) electrons. The minimum Gasteiger partial charge on any atom is -0.504 e. The van der Waals surface area contributed by atoms with Crippen LogP contribution in [-0.4, -0.2) is 59.8 Å². The van der Waals surface area contributed by atoms with Crippen LogP contribution in [0, 0.1) is 5.92 Å². The van der Waals surface area contributed by atoms with E-state index in [1.807, 2.05) is 48.5 Å². The Morgan fingerprint density at radius 1 is 0.955 bits per heavy atom. The second-order valence-electron chi connectivity index (χ2n) is 11.6. The van der Waals surface area contributed by atoms with E-state index >= 15 is 0 Å². The molecule has 9 nitrogen and oxygen atoms in total. The highest BCUT2D eigenvalue weighted by Gasteiger charge is 2.31. The molecular weight excluding hydrogens is 558 g/mol. The molecule has 2 amide bonds. The fourth-order valence-corrected chi connectivity index (χ4v) is 6.03. The summed E-state index contributed by atoms with van der Waals surface area (Å²) in [6.07, 6.45) is 3.39. The summed E-state index contributed by atoms with van der Waals surface area (Å²) in [5.41, 5.74) is 3.55. The molecule has 3 aromatic carbocycles. The lowest BCUT2D eigenvalue weighted by molar-refractivity contribution is -0.140. The zero-order chi connectivity index (χ0) is 31.1. The highest BCUT2D eigenvalue weighted by molar-refractivity contribution is 5.94. The molecule has 9 heteroatoms. The Balaban J connectivity index is 1.19. The third-order valence-electron chi connectivity index (χ3n) is 8.72. The van der Waals surface area contributed by atoms with E-state index < -0.39 is 0 Å². The van der Waals surface area contributed by atoms with Crippen molar-refractivity contribution in [3.8, 4) is 23.0 Å². The van der Waals surface area contributed by atoms with Gasteiger partial charge >= 0.3 is 0 Å². The second kappa shape index (κ2) is 14.5. The molecule has 0 bridgehead atoms. The number of phenols is 1. The van der Waals surface area contributed by atoms with Crippen LogP contribution in [0.2, 0.25) is 0 Å². The smallest absolute Gasteiger partial charge is 0.251 e. The molecular formula is C35H43N3O6. The number of nitrogens with zero attached hydrogens (tertiary/aromatic N) is 2. The number of ether oxygens (including phenoxy) is 3. The molecule has 0 spiro atoms. The number of methoxy groups -OCH3 is 1. The van der Waals surface area contributed by atoms with Crippen LogP contribution in [-0.2, 0) is 24.4 Å². The van der Waals surface area contributed by atoms with Gasteiger partial charge < -0.3 is 29.5 Å². The number of likely N-dealkylation sites (tertiary alicyclic amines) is 1. The number of aromatic hydroxyl groups is 1. The third kappa shape index (κ3) is 7.45. The summed E-state index contributed by atoms with van der Waals surface area (Å²) in [5.74, 6) is 2.07. The van der Waals surface area contributed by atoms with E-state index in [0.717, 1.165) is 62.0 Å². The minimum absolute atomic E-state index is 0.00321. The van der Waals surface area contributed by atoms with E-state index in [-0.39, 0.29) is 36.3 Å². The normalized spacial score (nSPS) is 14.9. The molecule has 2 heterocycles. The predicted molar refractivity (Wildman–Crippen MR) is 168 cm³/mol. The summed E-state index contributed by atoms with van der Waals surface area (Å²) in [7, 11) is 1.55. The Bertz CT molecular complexity index is 1430. The fraction of sp³-hybridized carbons (Fsp3) is 0.429. The van der Waals surface area contributed by atoms with Crippen LogP contribution in [0.25, 0.3) is 0 Å². The van der Waals surface area contributed by atoms with Crippen molar-refractivity contribution in [1.29, 1.82) is 0 Å². The highest BCUT2D eigenvalue weighted by atomic mass is 16.7. The first-order valence-corrected chi connectivity index (χ1v) is 15.5. The predicted octanol–water partition coefficient (Wildman–Crippen LogP) is 5.49. The van der Waals surface area contributed by atoms with Crippen LogP contribution in [0.1, 0.15) is 66.6 Å². The number of hydrogen-bond donors (Lipinski definition) is 2. The monoisotopic (exact) mass is 601 g/mol. The van der Waals surface area contributed by atoms with Crippen molar-refractivity contribution >= 4 is 11.8 Å². The standard InChI is InChI=1S/C35H43N3O6/c1-4-27(5-2)35(41)38(29-14-16-37(17-15-29)21-26-9-12-31(42-3)30(39)18-26)22-24-6-10-28(11-7-24)34(40)36-20-25-8-13-32-33(19-25)44-23-43-32/h6-13,18-19,27,29,39H,4-5,14-17,20-23H2,1-3H3,(H,36,40). The van der Waals surface area contributed by atoms with Crippen LogP contribution in [0.5, 0.6) is 23.0 Å². The second-order valence-corrected chi connectivity index (χ2v) is 11.6. The van der Waals surface area contributed by atoms with Gasteiger partial charge in [-0.25, -0.2) is 0 Å². The van der Waals surface area contributed by atoms with Crippen molar-refractivity contribution in [2.24, 2.45) is 5.92 Å². The lowest BCUT2D eigenvalue weighted by atomic mass is 9.96. The number of carbonyl (C=O) groups excluding carboxylic acids is 2. The number of nitrogens with one attached hydrogen (secondary N) is 1. The number of phenolic OH excluding ortho intramolecular Hbond substituents is 1. The molecule has 0 saturated carbocycles. The number of hydrogen-bond acceptors (Lipinski definition) is 7. The first kappa shape index (κ1) is 31.2.